The second kappa shape index (κ2) is 5.92. The van der Waals surface area contributed by atoms with Gasteiger partial charge in [0.25, 0.3) is 0 Å². The lowest BCUT2D eigenvalue weighted by Crippen LogP contribution is -2.08. The molecule has 2 heterocycles. The molecule has 0 atom stereocenters. The maximum atomic E-state index is 5.82. The predicted molar refractivity (Wildman–Crippen MR) is 73.2 cm³/mol. The Morgan fingerprint density at radius 1 is 1.22 bits per heavy atom. The molecule has 0 fully saturated rings. The second-order valence-electron chi connectivity index (χ2n) is 3.50. The van der Waals surface area contributed by atoms with Crippen LogP contribution in [0.15, 0.2) is 6.20 Å². The van der Waals surface area contributed by atoms with Gasteiger partial charge in [0.1, 0.15) is 5.01 Å². The monoisotopic (exact) mass is 284 g/mol. The van der Waals surface area contributed by atoms with E-state index in [-0.39, 0.29) is 5.28 Å². The third-order valence-corrected chi connectivity index (χ3v) is 3.09. The van der Waals surface area contributed by atoms with Crippen molar-refractivity contribution < 1.29 is 0 Å². The molecule has 2 N–H and O–H groups in total. The fraction of sp³-hybridized carbons (Fsp3) is 0.400. The van der Waals surface area contributed by atoms with Crippen molar-refractivity contribution in [2.45, 2.75) is 20.4 Å². The van der Waals surface area contributed by atoms with Gasteiger partial charge in [-0.1, -0.05) is 0 Å². The molecular formula is C10H13ClN6S. The summed E-state index contributed by atoms with van der Waals surface area (Å²) in [5, 5.41) is 7.21. The number of hydrogen-bond acceptors (Lipinski definition) is 7. The number of rotatable bonds is 5. The molecule has 8 heteroatoms. The van der Waals surface area contributed by atoms with Crippen LogP contribution in [0.1, 0.15) is 16.8 Å². The first-order valence-electron chi connectivity index (χ1n) is 5.48. The molecule has 0 spiro atoms. The average molecular weight is 285 g/mol. The standard InChI is InChI=1S/C10H13ClN6S/c1-3-12-9-15-8(11)16-10(17-9)14-5-7-13-4-6(2)18-7/h4H,3,5H2,1-2H3,(H2,12,14,15,16,17). The highest BCUT2D eigenvalue weighted by Gasteiger charge is 2.05. The van der Waals surface area contributed by atoms with Crippen LogP contribution in [0.3, 0.4) is 0 Å². The Balaban J connectivity index is 2.04. The highest BCUT2D eigenvalue weighted by molar-refractivity contribution is 7.11. The minimum Gasteiger partial charge on any atom is -0.354 e. The van der Waals surface area contributed by atoms with Crippen molar-refractivity contribution in [3.05, 3.63) is 21.4 Å². The van der Waals surface area contributed by atoms with E-state index in [1.807, 2.05) is 20.0 Å². The van der Waals surface area contributed by atoms with Gasteiger partial charge in [-0.25, -0.2) is 4.98 Å². The lowest BCUT2D eigenvalue weighted by atomic mass is 10.6. The highest BCUT2D eigenvalue weighted by atomic mass is 35.5. The topological polar surface area (TPSA) is 75.6 Å². The zero-order valence-corrected chi connectivity index (χ0v) is 11.6. The van der Waals surface area contributed by atoms with Gasteiger partial charge in [-0.3, -0.25) is 0 Å². The smallest absolute Gasteiger partial charge is 0.229 e. The molecule has 18 heavy (non-hydrogen) atoms. The lowest BCUT2D eigenvalue weighted by molar-refractivity contribution is 0.981. The number of aromatic nitrogens is 4. The average Bonchev–Trinajstić information content (AvgIpc) is 2.72. The molecule has 0 aliphatic rings. The summed E-state index contributed by atoms with van der Waals surface area (Å²) in [6.45, 7) is 5.28. The summed E-state index contributed by atoms with van der Waals surface area (Å²) in [5.74, 6) is 0.911. The lowest BCUT2D eigenvalue weighted by Gasteiger charge is -2.05. The molecule has 0 amide bonds. The van der Waals surface area contributed by atoms with Gasteiger partial charge in [0.05, 0.1) is 6.54 Å². The maximum absolute atomic E-state index is 5.82. The molecule has 0 unspecified atom stereocenters. The zero-order valence-electron chi connectivity index (χ0n) is 10.1. The van der Waals surface area contributed by atoms with Gasteiger partial charge in [-0.05, 0) is 25.4 Å². The first-order chi connectivity index (χ1) is 8.67. The van der Waals surface area contributed by atoms with Crippen molar-refractivity contribution in [1.82, 2.24) is 19.9 Å². The third kappa shape index (κ3) is 3.51. The van der Waals surface area contributed by atoms with Crippen LogP contribution in [0.5, 0.6) is 0 Å². The van der Waals surface area contributed by atoms with Gasteiger partial charge in [-0.15, -0.1) is 11.3 Å². The Bertz CT molecular complexity index is 529. The molecule has 0 saturated carbocycles. The van der Waals surface area contributed by atoms with Crippen molar-refractivity contribution in [3.63, 3.8) is 0 Å². The van der Waals surface area contributed by atoms with Gasteiger partial charge >= 0.3 is 0 Å². The van der Waals surface area contributed by atoms with E-state index in [4.69, 9.17) is 11.6 Å². The number of nitrogens with zero attached hydrogens (tertiary/aromatic N) is 4. The molecule has 0 radical (unpaired) electrons. The summed E-state index contributed by atoms with van der Waals surface area (Å²) in [7, 11) is 0. The van der Waals surface area contributed by atoms with Crippen LogP contribution >= 0.6 is 22.9 Å². The van der Waals surface area contributed by atoms with Crippen molar-refractivity contribution >= 4 is 34.8 Å². The van der Waals surface area contributed by atoms with Gasteiger partial charge in [0.15, 0.2) is 0 Å². The normalized spacial score (nSPS) is 10.4. The number of anilines is 2. The number of nitrogens with one attached hydrogen (secondary N) is 2. The fourth-order valence-corrected chi connectivity index (χ4v) is 2.19. The van der Waals surface area contributed by atoms with Crippen LogP contribution in [0.4, 0.5) is 11.9 Å². The molecule has 2 aromatic heterocycles. The molecule has 2 rings (SSSR count). The molecule has 0 bridgehead atoms. The first kappa shape index (κ1) is 13.0. The van der Waals surface area contributed by atoms with Gasteiger partial charge in [0.2, 0.25) is 17.2 Å². The van der Waals surface area contributed by atoms with Crippen molar-refractivity contribution in [2.75, 3.05) is 17.2 Å². The van der Waals surface area contributed by atoms with Crippen LogP contribution in [0.25, 0.3) is 0 Å². The molecule has 0 aromatic carbocycles. The maximum Gasteiger partial charge on any atom is 0.229 e. The second-order valence-corrected chi connectivity index (χ2v) is 5.16. The van der Waals surface area contributed by atoms with Crippen molar-refractivity contribution in [1.29, 1.82) is 0 Å². The minimum atomic E-state index is 0.166. The summed E-state index contributed by atoms with van der Waals surface area (Å²) in [5.41, 5.74) is 0. The molecule has 0 aliphatic heterocycles. The number of thiazole rings is 1. The summed E-state index contributed by atoms with van der Waals surface area (Å²) in [4.78, 5) is 17.6. The molecule has 0 saturated heterocycles. The minimum absolute atomic E-state index is 0.166. The van der Waals surface area contributed by atoms with Gasteiger partial charge in [0, 0.05) is 17.6 Å². The van der Waals surface area contributed by atoms with E-state index in [1.165, 1.54) is 4.88 Å². The Kier molecular flexibility index (Phi) is 4.27. The molecule has 2 aromatic rings. The van der Waals surface area contributed by atoms with Crippen molar-refractivity contribution in [2.24, 2.45) is 0 Å². The Hall–Kier alpha value is -1.47. The van der Waals surface area contributed by atoms with E-state index < -0.39 is 0 Å². The summed E-state index contributed by atoms with van der Waals surface area (Å²) < 4.78 is 0. The van der Waals surface area contributed by atoms with Crippen LogP contribution in [0, 0.1) is 6.92 Å². The molecule has 96 valence electrons. The molecule has 6 nitrogen and oxygen atoms in total. The SMILES string of the molecule is CCNc1nc(Cl)nc(NCc2ncc(C)s2)n1. The van der Waals surface area contributed by atoms with E-state index >= 15 is 0 Å². The number of halogens is 1. The number of hydrogen-bond donors (Lipinski definition) is 2. The highest BCUT2D eigenvalue weighted by Crippen LogP contribution is 2.14. The third-order valence-electron chi connectivity index (χ3n) is 2.01. The van der Waals surface area contributed by atoms with Gasteiger partial charge < -0.3 is 10.6 Å². The van der Waals surface area contributed by atoms with Crippen LogP contribution in [-0.4, -0.2) is 26.5 Å². The van der Waals surface area contributed by atoms with Crippen LogP contribution in [0.2, 0.25) is 5.28 Å². The Labute approximate surface area is 114 Å². The van der Waals surface area contributed by atoms with Crippen LogP contribution < -0.4 is 10.6 Å². The largest absolute Gasteiger partial charge is 0.354 e. The summed E-state index contributed by atoms with van der Waals surface area (Å²) in [6.07, 6.45) is 1.84. The predicted octanol–water partition coefficient (Wildman–Crippen LogP) is 2.33. The summed E-state index contributed by atoms with van der Waals surface area (Å²) in [6, 6.07) is 0. The van der Waals surface area contributed by atoms with E-state index in [1.54, 1.807) is 11.3 Å². The Morgan fingerprint density at radius 2 is 1.94 bits per heavy atom. The Morgan fingerprint density at radius 3 is 2.56 bits per heavy atom. The van der Waals surface area contributed by atoms with E-state index in [9.17, 15) is 0 Å². The van der Waals surface area contributed by atoms with Crippen LogP contribution in [-0.2, 0) is 6.54 Å². The van der Waals surface area contributed by atoms with E-state index in [0.717, 1.165) is 11.6 Å². The number of aryl methyl sites for hydroxylation is 1. The van der Waals surface area contributed by atoms with E-state index in [0.29, 0.717) is 18.4 Å². The molecular weight excluding hydrogens is 272 g/mol. The first-order valence-corrected chi connectivity index (χ1v) is 6.67. The quantitative estimate of drug-likeness (QED) is 0.878. The van der Waals surface area contributed by atoms with Crippen molar-refractivity contribution in [3.8, 4) is 0 Å². The molecule has 0 aliphatic carbocycles. The summed E-state index contributed by atoms with van der Waals surface area (Å²) >= 11 is 7.45. The fourth-order valence-electron chi connectivity index (χ4n) is 1.30. The van der Waals surface area contributed by atoms with Gasteiger partial charge in [-0.2, -0.15) is 15.0 Å². The van der Waals surface area contributed by atoms with E-state index in [2.05, 4.69) is 30.6 Å². The zero-order chi connectivity index (χ0) is 13.0.